The molecular formula is C17H20N2O2S. The number of thiocarbonyl (C=S) groups is 1. The van der Waals surface area contributed by atoms with Gasteiger partial charge in [-0.05, 0) is 24.4 Å². The summed E-state index contributed by atoms with van der Waals surface area (Å²) in [4.78, 5) is 3.84. The highest BCUT2D eigenvalue weighted by atomic mass is 32.1. The third-order valence-electron chi connectivity index (χ3n) is 2.92. The van der Waals surface area contributed by atoms with E-state index in [1.165, 1.54) is 0 Å². The SMILES string of the molecule is COc1ccccc1CN.COc1ccccc1CN=C=S. The summed E-state index contributed by atoms with van der Waals surface area (Å²) in [6.07, 6.45) is 0. The van der Waals surface area contributed by atoms with Crippen LogP contribution in [0.1, 0.15) is 11.1 Å². The highest BCUT2D eigenvalue weighted by Crippen LogP contribution is 2.17. The van der Waals surface area contributed by atoms with Gasteiger partial charge in [-0.1, -0.05) is 36.4 Å². The molecule has 0 saturated carbocycles. The standard InChI is InChI=1S/C9H9NOS.C8H11NO/c1-11-9-5-3-2-4-8(9)6-10-7-12;1-10-8-5-3-2-4-7(8)6-9/h2-5H,6H2,1H3;2-5H,6,9H2,1H3. The van der Waals surface area contributed by atoms with Gasteiger partial charge in [-0.25, -0.2) is 4.99 Å². The quantitative estimate of drug-likeness (QED) is 0.678. The first-order valence-electron chi connectivity index (χ1n) is 6.74. The predicted molar refractivity (Wildman–Crippen MR) is 92.6 cm³/mol. The summed E-state index contributed by atoms with van der Waals surface area (Å²) < 4.78 is 10.2. The van der Waals surface area contributed by atoms with Crippen LogP contribution in [-0.2, 0) is 13.1 Å². The number of hydrogen-bond donors (Lipinski definition) is 1. The van der Waals surface area contributed by atoms with Crippen molar-refractivity contribution in [2.45, 2.75) is 13.1 Å². The molecule has 0 atom stereocenters. The van der Waals surface area contributed by atoms with E-state index >= 15 is 0 Å². The van der Waals surface area contributed by atoms with Crippen LogP contribution in [0.25, 0.3) is 0 Å². The molecule has 2 aromatic rings. The van der Waals surface area contributed by atoms with Gasteiger partial charge in [-0.2, -0.15) is 0 Å². The Kier molecular flexibility index (Phi) is 8.53. The fraction of sp³-hybridized carbons (Fsp3) is 0.235. The second-order valence-corrected chi connectivity index (χ2v) is 4.42. The van der Waals surface area contributed by atoms with Crippen LogP contribution in [0.3, 0.4) is 0 Å². The maximum absolute atomic E-state index is 5.45. The minimum atomic E-state index is 0.532. The average Bonchev–Trinajstić information content (AvgIpc) is 2.60. The predicted octanol–water partition coefficient (Wildman–Crippen LogP) is 3.45. The maximum Gasteiger partial charge on any atom is 0.123 e. The summed E-state index contributed by atoms with van der Waals surface area (Å²) in [5.74, 6) is 1.71. The van der Waals surface area contributed by atoms with Gasteiger partial charge in [-0.15, -0.1) is 0 Å². The molecule has 5 heteroatoms. The van der Waals surface area contributed by atoms with Crippen molar-refractivity contribution >= 4 is 17.4 Å². The second kappa shape index (κ2) is 10.5. The van der Waals surface area contributed by atoms with Gasteiger partial charge in [0.2, 0.25) is 0 Å². The molecular weight excluding hydrogens is 296 g/mol. The first kappa shape index (κ1) is 17.9. The number of benzene rings is 2. The number of isothiocyanates is 1. The molecule has 0 heterocycles. The lowest BCUT2D eigenvalue weighted by molar-refractivity contribution is 0.410. The van der Waals surface area contributed by atoms with Crippen molar-refractivity contribution in [1.29, 1.82) is 0 Å². The number of nitrogens with zero attached hydrogens (tertiary/aromatic N) is 1. The first-order valence-corrected chi connectivity index (χ1v) is 7.15. The van der Waals surface area contributed by atoms with Crippen LogP contribution in [0, 0.1) is 0 Å². The molecule has 116 valence electrons. The van der Waals surface area contributed by atoms with Gasteiger partial charge in [0.1, 0.15) is 11.5 Å². The van der Waals surface area contributed by atoms with Crippen LogP contribution < -0.4 is 15.2 Å². The third-order valence-corrected chi connectivity index (χ3v) is 3.05. The smallest absolute Gasteiger partial charge is 0.123 e. The number of ether oxygens (including phenoxy) is 2. The fourth-order valence-electron chi connectivity index (χ4n) is 1.82. The van der Waals surface area contributed by atoms with E-state index in [1.807, 2.05) is 48.5 Å². The van der Waals surface area contributed by atoms with Gasteiger partial charge in [0.05, 0.1) is 25.9 Å². The minimum absolute atomic E-state index is 0.532. The van der Waals surface area contributed by atoms with Gasteiger partial charge in [0.25, 0.3) is 0 Å². The van der Waals surface area contributed by atoms with Crippen LogP contribution in [0.4, 0.5) is 0 Å². The van der Waals surface area contributed by atoms with Crippen LogP contribution in [-0.4, -0.2) is 19.4 Å². The molecule has 2 rings (SSSR count). The normalized spacial score (nSPS) is 9.05. The maximum atomic E-state index is 5.45. The number of hydrogen-bond acceptors (Lipinski definition) is 5. The lowest BCUT2D eigenvalue weighted by Gasteiger charge is -2.03. The molecule has 0 unspecified atom stereocenters. The Hall–Kier alpha value is -2.20. The van der Waals surface area contributed by atoms with Crippen LogP contribution >= 0.6 is 12.2 Å². The molecule has 4 nitrogen and oxygen atoms in total. The van der Waals surface area contributed by atoms with E-state index in [9.17, 15) is 0 Å². The summed E-state index contributed by atoms with van der Waals surface area (Å²) in [6, 6.07) is 15.5. The zero-order valence-electron chi connectivity index (χ0n) is 12.8. The summed E-state index contributed by atoms with van der Waals surface area (Å²) in [7, 11) is 3.29. The number of para-hydroxylation sites is 2. The monoisotopic (exact) mass is 316 g/mol. The summed E-state index contributed by atoms with van der Waals surface area (Å²) in [6.45, 7) is 1.07. The molecule has 0 amide bonds. The van der Waals surface area contributed by atoms with Crippen molar-refractivity contribution in [1.82, 2.24) is 0 Å². The fourth-order valence-corrected chi connectivity index (χ4v) is 1.89. The average molecular weight is 316 g/mol. The van der Waals surface area contributed by atoms with Gasteiger partial charge < -0.3 is 15.2 Å². The van der Waals surface area contributed by atoms with Crippen molar-refractivity contribution in [3.63, 3.8) is 0 Å². The van der Waals surface area contributed by atoms with Crippen molar-refractivity contribution in [2.75, 3.05) is 14.2 Å². The molecule has 0 radical (unpaired) electrons. The van der Waals surface area contributed by atoms with Crippen LogP contribution in [0.2, 0.25) is 0 Å². The molecule has 0 aliphatic heterocycles. The van der Waals surface area contributed by atoms with E-state index in [4.69, 9.17) is 15.2 Å². The topological polar surface area (TPSA) is 56.8 Å². The Balaban J connectivity index is 0.000000224. The second-order valence-electron chi connectivity index (χ2n) is 4.24. The van der Waals surface area contributed by atoms with Gasteiger partial charge in [0.15, 0.2) is 0 Å². The van der Waals surface area contributed by atoms with Crippen molar-refractivity contribution in [2.24, 2.45) is 10.7 Å². The number of nitrogens with two attached hydrogens (primary N) is 1. The minimum Gasteiger partial charge on any atom is -0.496 e. The third kappa shape index (κ3) is 5.66. The van der Waals surface area contributed by atoms with Gasteiger partial charge in [-0.3, -0.25) is 0 Å². The lowest BCUT2D eigenvalue weighted by Crippen LogP contribution is -1.98. The van der Waals surface area contributed by atoms with Gasteiger partial charge >= 0.3 is 0 Å². The molecule has 0 fully saturated rings. The van der Waals surface area contributed by atoms with Crippen LogP contribution in [0.15, 0.2) is 53.5 Å². The molecule has 0 aromatic heterocycles. The van der Waals surface area contributed by atoms with E-state index in [0.29, 0.717) is 13.1 Å². The molecule has 0 aliphatic carbocycles. The van der Waals surface area contributed by atoms with E-state index < -0.39 is 0 Å². The summed E-state index contributed by atoms with van der Waals surface area (Å²) in [5.41, 5.74) is 7.52. The summed E-state index contributed by atoms with van der Waals surface area (Å²) >= 11 is 4.47. The molecule has 0 saturated heterocycles. The van der Waals surface area contributed by atoms with E-state index in [0.717, 1.165) is 22.6 Å². The first-order chi connectivity index (χ1) is 10.8. The molecule has 0 spiro atoms. The Morgan fingerprint density at radius 1 is 0.955 bits per heavy atom. The Morgan fingerprint density at radius 3 is 1.91 bits per heavy atom. The van der Waals surface area contributed by atoms with Crippen LogP contribution in [0.5, 0.6) is 11.5 Å². The highest BCUT2D eigenvalue weighted by Gasteiger charge is 1.98. The summed E-state index contributed by atoms with van der Waals surface area (Å²) in [5, 5.41) is 2.32. The molecule has 2 N–H and O–H groups in total. The van der Waals surface area contributed by atoms with Gasteiger partial charge in [0, 0.05) is 17.7 Å². The van der Waals surface area contributed by atoms with E-state index in [-0.39, 0.29) is 0 Å². The van der Waals surface area contributed by atoms with E-state index in [2.05, 4.69) is 22.4 Å². The zero-order valence-corrected chi connectivity index (χ0v) is 13.6. The number of aliphatic imine (C=N–C) groups is 1. The van der Waals surface area contributed by atoms with Crippen molar-refractivity contribution in [3.8, 4) is 11.5 Å². The Bertz CT molecular complexity index is 603. The lowest BCUT2D eigenvalue weighted by atomic mass is 10.2. The molecule has 2 aromatic carbocycles. The Labute approximate surface area is 136 Å². The molecule has 0 aliphatic rings. The molecule has 22 heavy (non-hydrogen) atoms. The number of methoxy groups -OCH3 is 2. The van der Waals surface area contributed by atoms with Crippen molar-refractivity contribution in [3.05, 3.63) is 59.7 Å². The largest absolute Gasteiger partial charge is 0.496 e. The zero-order chi connectivity index (χ0) is 16.2. The van der Waals surface area contributed by atoms with E-state index in [1.54, 1.807) is 14.2 Å². The molecule has 0 bridgehead atoms. The highest BCUT2D eigenvalue weighted by molar-refractivity contribution is 7.78. The Morgan fingerprint density at radius 2 is 1.45 bits per heavy atom. The van der Waals surface area contributed by atoms with Crippen molar-refractivity contribution < 1.29 is 9.47 Å². The number of rotatable bonds is 5.